The molecule has 0 spiro atoms. The molecule has 0 amide bonds. The van der Waals surface area contributed by atoms with Gasteiger partial charge < -0.3 is 4.52 Å². The van der Waals surface area contributed by atoms with Gasteiger partial charge in [-0.15, -0.1) is 0 Å². The van der Waals surface area contributed by atoms with E-state index in [1.54, 1.807) is 5.56 Å². The van der Waals surface area contributed by atoms with Gasteiger partial charge in [-0.1, -0.05) is 75.4 Å². The zero-order valence-corrected chi connectivity index (χ0v) is 16.2. The largest absolute Gasteiger partial charge is 0.334 e. The molecule has 1 aromatic heterocycles. The van der Waals surface area contributed by atoms with Gasteiger partial charge in [0.2, 0.25) is 0 Å². The number of hydrogen-bond acceptors (Lipinski definition) is 3. The molecule has 0 N–H and O–H groups in total. The van der Waals surface area contributed by atoms with E-state index in [0.29, 0.717) is 11.7 Å². The van der Waals surface area contributed by atoms with Crippen LogP contribution in [0.25, 0.3) is 11.5 Å². The summed E-state index contributed by atoms with van der Waals surface area (Å²) in [4.78, 5) is 4.44. The van der Waals surface area contributed by atoms with Crippen molar-refractivity contribution in [1.82, 2.24) is 10.1 Å². The van der Waals surface area contributed by atoms with E-state index >= 15 is 0 Å². The first kappa shape index (κ1) is 17.8. The van der Waals surface area contributed by atoms with Crippen LogP contribution in [-0.2, 0) is 12.8 Å². The van der Waals surface area contributed by atoms with Crippen LogP contribution in [0.1, 0.15) is 81.2 Å². The van der Waals surface area contributed by atoms with Gasteiger partial charge >= 0.3 is 0 Å². The lowest BCUT2D eigenvalue weighted by Crippen LogP contribution is -2.14. The Kier molecular flexibility index (Phi) is 5.72. The van der Waals surface area contributed by atoms with Crippen LogP contribution < -0.4 is 0 Å². The van der Waals surface area contributed by atoms with Gasteiger partial charge in [-0.3, -0.25) is 0 Å². The fraction of sp³-hybridized carbons (Fsp3) is 0.652. The molecule has 2 saturated carbocycles. The Balaban J connectivity index is 1.58. The Morgan fingerprint density at radius 3 is 2.04 bits per heavy atom. The van der Waals surface area contributed by atoms with Crippen molar-refractivity contribution in [1.29, 1.82) is 0 Å². The van der Waals surface area contributed by atoms with E-state index in [2.05, 4.69) is 28.3 Å². The van der Waals surface area contributed by atoms with Crippen molar-refractivity contribution < 1.29 is 4.52 Å². The van der Waals surface area contributed by atoms with Crippen molar-refractivity contribution in [2.24, 2.45) is 11.8 Å². The molecule has 0 radical (unpaired) electrons. The van der Waals surface area contributed by atoms with E-state index in [1.165, 1.54) is 82.6 Å². The third kappa shape index (κ3) is 4.36. The van der Waals surface area contributed by atoms with E-state index in [1.807, 2.05) is 6.92 Å². The third-order valence-electron chi connectivity index (χ3n) is 6.45. The lowest BCUT2D eigenvalue weighted by atomic mass is 9.80. The minimum Gasteiger partial charge on any atom is -0.334 e. The summed E-state index contributed by atoms with van der Waals surface area (Å²) in [5.74, 6) is 3.11. The Morgan fingerprint density at radius 1 is 0.846 bits per heavy atom. The number of aromatic nitrogens is 2. The first-order chi connectivity index (χ1) is 12.8. The SMILES string of the molecule is Cc1noc(-c2ccc(CC3CCCCC3)c(CC3CCCCC3)c2)n1. The van der Waals surface area contributed by atoms with Crippen LogP contribution in [-0.4, -0.2) is 10.1 Å². The fourth-order valence-electron chi connectivity index (χ4n) is 4.97. The summed E-state index contributed by atoms with van der Waals surface area (Å²) in [6.45, 7) is 1.88. The zero-order chi connectivity index (χ0) is 17.8. The predicted octanol–water partition coefficient (Wildman–Crippen LogP) is 6.29. The third-order valence-corrected chi connectivity index (χ3v) is 6.45. The molecule has 140 valence electrons. The highest BCUT2D eigenvalue weighted by Crippen LogP contribution is 2.33. The second-order valence-electron chi connectivity index (χ2n) is 8.55. The van der Waals surface area contributed by atoms with Crippen molar-refractivity contribution in [3.8, 4) is 11.5 Å². The average molecular weight is 353 g/mol. The molecule has 3 heteroatoms. The fourth-order valence-corrected chi connectivity index (χ4v) is 4.97. The molecular formula is C23H32N2O. The first-order valence-corrected chi connectivity index (χ1v) is 10.7. The molecule has 2 aliphatic rings. The summed E-state index contributed by atoms with van der Waals surface area (Å²) in [6.07, 6.45) is 16.6. The van der Waals surface area contributed by atoms with Crippen LogP contribution in [0.15, 0.2) is 22.7 Å². The lowest BCUT2D eigenvalue weighted by Gasteiger charge is -2.25. The monoisotopic (exact) mass is 352 g/mol. The second-order valence-corrected chi connectivity index (χ2v) is 8.55. The van der Waals surface area contributed by atoms with Crippen LogP contribution >= 0.6 is 0 Å². The molecule has 26 heavy (non-hydrogen) atoms. The summed E-state index contributed by atoms with van der Waals surface area (Å²) in [5.41, 5.74) is 4.20. The van der Waals surface area contributed by atoms with Gasteiger partial charge in [-0.2, -0.15) is 4.98 Å². The van der Waals surface area contributed by atoms with Crippen molar-refractivity contribution in [3.63, 3.8) is 0 Å². The molecule has 4 rings (SSSR count). The lowest BCUT2D eigenvalue weighted by molar-refractivity contribution is 0.347. The molecule has 2 fully saturated rings. The minimum absolute atomic E-state index is 0.664. The van der Waals surface area contributed by atoms with Crippen molar-refractivity contribution in [2.75, 3.05) is 0 Å². The maximum Gasteiger partial charge on any atom is 0.257 e. The summed E-state index contributed by atoms with van der Waals surface area (Å²) in [5, 5.41) is 3.97. The molecule has 0 bridgehead atoms. The highest BCUT2D eigenvalue weighted by molar-refractivity contribution is 5.56. The molecule has 1 heterocycles. The maximum absolute atomic E-state index is 5.42. The van der Waals surface area contributed by atoms with E-state index in [0.717, 1.165) is 17.4 Å². The van der Waals surface area contributed by atoms with Crippen molar-refractivity contribution >= 4 is 0 Å². The first-order valence-electron chi connectivity index (χ1n) is 10.7. The van der Waals surface area contributed by atoms with E-state index < -0.39 is 0 Å². The van der Waals surface area contributed by atoms with Crippen molar-refractivity contribution in [2.45, 2.75) is 84.0 Å². The number of benzene rings is 1. The van der Waals surface area contributed by atoms with Crippen LogP contribution in [0, 0.1) is 18.8 Å². The number of aryl methyl sites for hydroxylation is 1. The molecule has 2 aliphatic carbocycles. The molecule has 0 saturated heterocycles. The van der Waals surface area contributed by atoms with Gasteiger partial charge in [0.1, 0.15) is 0 Å². The summed E-state index contributed by atoms with van der Waals surface area (Å²) < 4.78 is 5.42. The summed E-state index contributed by atoms with van der Waals surface area (Å²) in [7, 11) is 0. The summed E-state index contributed by atoms with van der Waals surface area (Å²) in [6, 6.07) is 6.89. The van der Waals surface area contributed by atoms with Gasteiger partial charge in [-0.25, -0.2) is 0 Å². The Labute approximate surface area is 157 Å². The quantitative estimate of drug-likeness (QED) is 0.634. The van der Waals surface area contributed by atoms with Gasteiger partial charge in [-0.05, 0) is 54.9 Å². The van der Waals surface area contributed by atoms with Crippen LogP contribution in [0.5, 0.6) is 0 Å². The maximum atomic E-state index is 5.42. The molecular weight excluding hydrogens is 320 g/mol. The average Bonchev–Trinajstić information content (AvgIpc) is 3.11. The highest BCUT2D eigenvalue weighted by atomic mass is 16.5. The van der Waals surface area contributed by atoms with Crippen LogP contribution in [0.2, 0.25) is 0 Å². The normalized spacial score (nSPS) is 19.7. The minimum atomic E-state index is 0.664. The Bertz CT molecular complexity index is 709. The summed E-state index contributed by atoms with van der Waals surface area (Å²) >= 11 is 0. The molecule has 3 nitrogen and oxygen atoms in total. The van der Waals surface area contributed by atoms with Crippen molar-refractivity contribution in [3.05, 3.63) is 35.2 Å². The second kappa shape index (κ2) is 8.37. The zero-order valence-electron chi connectivity index (χ0n) is 16.2. The van der Waals surface area contributed by atoms with E-state index in [-0.39, 0.29) is 0 Å². The number of rotatable bonds is 5. The standard InChI is InChI=1S/C23H32N2O/c1-17-24-23(26-25-17)21-13-12-20(14-18-8-4-2-5-9-18)22(16-21)15-19-10-6-3-7-11-19/h12-13,16,18-19H,2-11,14-15H2,1H3. The molecule has 1 aromatic carbocycles. The van der Waals surface area contributed by atoms with Gasteiger partial charge in [0.25, 0.3) is 5.89 Å². The Morgan fingerprint density at radius 2 is 1.46 bits per heavy atom. The predicted molar refractivity (Wildman–Crippen MR) is 105 cm³/mol. The molecule has 0 unspecified atom stereocenters. The number of nitrogens with zero attached hydrogens (tertiary/aromatic N) is 2. The van der Waals surface area contributed by atoms with Gasteiger partial charge in [0, 0.05) is 5.56 Å². The molecule has 2 aromatic rings. The smallest absolute Gasteiger partial charge is 0.257 e. The van der Waals surface area contributed by atoms with Crippen LogP contribution in [0.3, 0.4) is 0 Å². The van der Waals surface area contributed by atoms with E-state index in [4.69, 9.17) is 4.52 Å². The van der Waals surface area contributed by atoms with Crippen LogP contribution in [0.4, 0.5) is 0 Å². The Hall–Kier alpha value is -1.64. The highest BCUT2D eigenvalue weighted by Gasteiger charge is 2.20. The number of hydrogen-bond donors (Lipinski definition) is 0. The van der Waals surface area contributed by atoms with Gasteiger partial charge in [0.05, 0.1) is 0 Å². The molecule has 0 aliphatic heterocycles. The van der Waals surface area contributed by atoms with Gasteiger partial charge in [0.15, 0.2) is 5.82 Å². The topological polar surface area (TPSA) is 38.9 Å². The molecule has 0 atom stereocenters. The van der Waals surface area contributed by atoms with E-state index in [9.17, 15) is 0 Å².